The quantitative estimate of drug-likeness (QED) is 0.864. The maximum absolute atomic E-state index is 12.4. The Balaban J connectivity index is 1.38. The van der Waals surface area contributed by atoms with Crippen molar-refractivity contribution in [2.75, 3.05) is 25.0 Å². The van der Waals surface area contributed by atoms with E-state index in [1.807, 2.05) is 6.92 Å². The van der Waals surface area contributed by atoms with Gasteiger partial charge in [-0.05, 0) is 24.6 Å². The number of aromatic nitrogens is 1. The van der Waals surface area contributed by atoms with Gasteiger partial charge in [0.2, 0.25) is 5.91 Å². The molecule has 132 valence electrons. The van der Waals surface area contributed by atoms with Crippen molar-refractivity contribution in [1.29, 1.82) is 0 Å². The van der Waals surface area contributed by atoms with Gasteiger partial charge in [-0.2, -0.15) is 0 Å². The molecule has 25 heavy (non-hydrogen) atoms. The molecule has 1 fully saturated rings. The summed E-state index contributed by atoms with van der Waals surface area (Å²) >= 11 is 1.63. The maximum Gasteiger partial charge on any atom is 0.229 e. The van der Waals surface area contributed by atoms with Gasteiger partial charge in [0.05, 0.1) is 5.69 Å². The first-order chi connectivity index (χ1) is 12.2. The summed E-state index contributed by atoms with van der Waals surface area (Å²) in [6.07, 6.45) is 0.955. The molecule has 5 nitrogen and oxygen atoms in total. The van der Waals surface area contributed by atoms with Crippen LogP contribution in [0.3, 0.4) is 0 Å². The first-order valence-corrected chi connectivity index (χ1v) is 9.77. The Kier molecular flexibility index (Phi) is 4.83. The molecule has 1 aromatic carbocycles. The van der Waals surface area contributed by atoms with Gasteiger partial charge in [-0.1, -0.05) is 37.3 Å². The summed E-state index contributed by atoms with van der Waals surface area (Å²) in [6, 6.07) is 10.6. The molecule has 4 rings (SSSR count). The lowest BCUT2D eigenvalue weighted by Crippen LogP contribution is -2.48. The highest BCUT2D eigenvalue weighted by atomic mass is 32.1. The fourth-order valence-electron chi connectivity index (χ4n) is 3.38. The summed E-state index contributed by atoms with van der Waals surface area (Å²) in [5, 5.41) is 7.02. The van der Waals surface area contributed by atoms with Crippen molar-refractivity contribution in [3.63, 3.8) is 0 Å². The molecule has 1 atom stereocenters. The Morgan fingerprint density at radius 1 is 1.40 bits per heavy atom. The lowest BCUT2D eigenvalue weighted by molar-refractivity contribution is -0.121. The van der Waals surface area contributed by atoms with Crippen LogP contribution < -0.4 is 10.6 Å². The fourth-order valence-corrected chi connectivity index (χ4v) is 4.43. The molecule has 2 N–H and O–H groups in total. The average molecular weight is 356 g/mol. The second-order valence-electron chi connectivity index (χ2n) is 7.03. The normalized spacial score (nSPS) is 19.1. The standard InChI is InChI=1S/C19H24N4OS/c1-13(15-9-20-10-15)18(24)22-19-21-16-7-8-23(12-17(16)25-19)11-14-5-3-2-4-6-14/h2-6,13,15,20H,7-12H2,1H3,(H,21,22,24). The van der Waals surface area contributed by atoms with Crippen molar-refractivity contribution in [2.45, 2.75) is 26.4 Å². The maximum atomic E-state index is 12.4. The van der Waals surface area contributed by atoms with Crippen LogP contribution in [-0.4, -0.2) is 35.4 Å². The number of anilines is 1. The highest BCUT2D eigenvalue weighted by Gasteiger charge is 2.29. The summed E-state index contributed by atoms with van der Waals surface area (Å²) in [5.41, 5.74) is 2.49. The monoisotopic (exact) mass is 356 g/mol. The second-order valence-corrected chi connectivity index (χ2v) is 8.12. The van der Waals surface area contributed by atoms with Gasteiger partial charge in [0.25, 0.3) is 0 Å². The summed E-state index contributed by atoms with van der Waals surface area (Å²) in [5.74, 6) is 0.589. The molecule has 0 spiro atoms. The number of carbonyl (C=O) groups is 1. The minimum atomic E-state index is 0.0387. The molecule has 2 aliphatic heterocycles. The number of carbonyl (C=O) groups excluding carboxylic acids is 1. The molecule has 2 aromatic rings. The third-order valence-corrected chi connectivity index (χ3v) is 6.22. The van der Waals surface area contributed by atoms with Crippen LogP contribution in [0, 0.1) is 11.8 Å². The van der Waals surface area contributed by atoms with Crippen LogP contribution in [0.2, 0.25) is 0 Å². The molecule has 1 amide bonds. The van der Waals surface area contributed by atoms with Crippen LogP contribution in [0.15, 0.2) is 30.3 Å². The number of rotatable bonds is 5. The second kappa shape index (κ2) is 7.23. The molecule has 6 heteroatoms. The Hall–Kier alpha value is -1.76. The van der Waals surface area contributed by atoms with Crippen molar-refractivity contribution in [3.05, 3.63) is 46.5 Å². The highest BCUT2D eigenvalue weighted by Crippen LogP contribution is 2.29. The van der Waals surface area contributed by atoms with Crippen LogP contribution >= 0.6 is 11.3 Å². The Morgan fingerprint density at radius 3 is 2.92 bits per heavy atom. The van der Waals surface area contributed by atoms with E-state index >= 15 is 0 Å². The van der Waals surface area contributed by atoms with Crippen molar-refractivity contribution in [1.82, 2.24) is 15.2 Å². The van der Waals surface area contributed by atoms with E-state index in [0.29, 0.717) is 5.92 Å². The number of benzene rings is 1. The third kappa shape index (κ3) is 3.76. The molecule has 0 saturated carbocycles. The van der Waals surface area contributed by atoms with Crippen LogP contribution in [0.5, 0.6) is 0 Å². The third-order valence-electron chi connectivity index (χ3n) is 5.22. The number of thiazole rings is 1. The topological polar surface area (TPSA) is 57.3 Å². The summed E-state index contributed by atoms with van der Waals surface area (Å²) in [7, 11) is 0. The van der Waals surface area contributed by atoms with Crippen molar-refractivity contribution >= 4 is 22.4 Å². The van der Waals surface area contributed by atoms with Gasteiger partial charge < -0.3 is 10.6 Å². The minimum absolute atomic E-state index is 0.0387. The van der Waals surface area contributed by atoms with E-state index in [2.05, 4.69) is 50.8 Å². The van der Waals surface area contributed by atoms with Gasteiger partial charge in [-0.3, -0.25) is 9.69 Å². The first-order valence-electron chi connectivity index (χ1n) is 8.95. The molecule has 0 radical (unpaired) electrons. The van der Waals surface area contributed by atoms with E-state index in [1.165, 1.54) is 10.4 Å². The molecule has 1 saturated heterocycles. The van der Waals surface area contributed by atoms with Crippen molar-refractivity contribution < 1.29 is 4.79 Å². The number of nitrogens with zero attached hydrogens (tertiary/aromatic N) is 2. The Labute approximate surface area is 152 Å². The number of amides is 1. The van der Waals surface area contributed by atoms with Crippen LogP contribution in [0.25, 0.3) is 0 Å². The van der Waals surface area contributed by atoms with Gasteiger partial charge in [0, 0.05) is 36.9 Å². The Bertz CT molecular complexity index is 741. The number of fused-ring (bicyclic) bond motifs is 1. The molecule has 1 unspecified atom stereocenters. The predicted octanol–water partition coefficient (Wildman–Crippen LogP) is 2.50. The lowest BCUT2D eigenvalue weighted by atomic mass is 9.88. The van der Waals surface area contributed by atoms with Gasteiger partial charge in [-0.25, -0.2) is 4.98 Å². The van der Waals surface area contributed by atoms with Crippen molar-refractivity contribution in [3.8, 4) is 0 Å². The zero-order valence-electron chi connectivity index (χ0n) is 14.5. The smallest absolute Gasteiger partial charge is 0.229 e. The molecular weight excluding hydrogens is 332 g/mol. The van der Waals surface area contributed by atoms with E-state index < -0.39 is 0 Å². The Morgan fingerprint density at radius 2 is 2.20 bits per heavy atom. The van der Waals surface area contributed by atoms with Gasteiger partial charge in [-0.15, -0.1) is 11.3 Å². The number of nitrogens with one attached hydrogen (secondary N) is 2. The molecule has 2 aliphatic rings. The number of hydrogen-bond acceptors (Lipinski definition) is 5. The van der Waals surface area contributed by atoms with Gasteiger partial charge >= 0.3 is 0 Å². The lowest BCUT2D eigenvalue weighted by Gasteiger charge is -2.31. The number of hydrogen-bond donors (Lipinski definition) is 2. The van der Waals surface area contributed by atoms with Crippen molar-refractivity contribution in [2.24, 2.45) is 11.8 Å². The van der Waals surface area contributed by atoms with Crippen LogP contribution in [0.4, 0.5) is 5.13 Å². The molecule has 3 heterocycles. The van der Waals surface area contributed by atoms with E-state index in [1.54, 1.807) is 11.3 Å². The van der Waals surface area contributed by atoms with Gasteiger partial charge in [0.1, 0.15) is 0 Å². The predicted molar refractivity (Wildman–Crippen MR) is 101 cm³/mol. The zero-order valence-corrected chi connectivity index (χ0v) is 15.3. The average Bonchev–Trinajstić information content (AvgIpc) is 2.95. The van der Waals surface area contributed by atoms with Gasteiger partial charge in [0.15, 0.2) is 5.13 Å². The summed E-state index contributed by atoms with van der Waals surface area (Å²) in [4.78, 5) is 20.8. The van der Waals surface area contributed by atoms with Crippen LogP contribution in [0.1, 0.15) is 23.1 Å². The van der Waals surface area contributed by atoms with Crippen LogP contribution in [-0.2, 0) is 24.3 Å². The highest BCUT2D eigenvalue weighted by molar-refractivity contribution is 7.15. The molecule has 0 bridgehead atoms. The fraction of sp³-hybridized carbons (Fsp3) is 0.474. The molecular formula is C19H24N4OS. The first kappa shape index (κ1) is 16.7. The van der Waals surface area contributed by atoms with E-state index in [0.717, 1.165) is 50.0 Å². The summed E-state index contributed by atoms with van der Waals surface area (Å²) in [6.45, 7) is 6.79. The minimum Gasteiger partial charge on any atom is -0.316 e. The van der Waals surface area contributed by atoms with E-state index in [4.69, 9.17) is 0 Å². The SMILES string of the molecule is CC(C(=O)Nc1nc2c(s1)CN(Cc1ccccc1)CC2)C1CNC1. The molecule has 0 aliphatic carbocycles. The zero-order chi connectivity index (χ0) is 17.2. The molecule has 1 aromatic heterocycles. The summed E-state index contributed by atoms with van der Waals surface area (Å²) < 4.78 is 0. The van der Waals surface area contributed by atoms with E-state index in [9.17, 15) is 4.79 Å². The van der Waals surface area contributed by atoms with E-state index in [-0.39, 0.29) is 11.8 Å². The largest absolute Gasteiger partial charge is 0.316 e.